The fourth-order valence-corrected chi connectivity index (χ4v) is 4.94. The number of piperidine rings is 1. The van der Waals surface area contributed by atoms with Crippen molar-refractivity contribution in [2.75, 3.05) is 13.1 Å². The predicted molar refractivity (Wildman–Crippen MR) is 131 cm³/mol. The van der Waals surface area contributed by atoms with Crippen molar-refractivity contribution in [1.82, 2.24) is 10.2 Å². The molecule has 0 aliphatic carbocycles. The topological polar surface area (TPSA) is 69.6 Å². The van der Waals surface area contributed by atoms with Gasteiger partial charge in [-0.05, 0) is 58.1 Å². The molecule has 5 nitrogen and oxygen atoms in total. The van der Waals surface area contributed by atoms with E-state index in [2.05, 4.69) is 21.2 Å². The van der Waals surface area contributed by atoms with Gasteiger partial charge in [-0.1, -0.05) is 63.6 Å². The highest BCUT2D eigenvalue weighted by molar-refractivity contribution is 9.10. The predicted octanol–water partition coefficient (Wildman–Crippen LogP) is 5.00. The number of hydrogen-bond donors (Lipinski definition) is 2. The summed E-state index contributed by atoms with van der Waals surface area (Å²) in [7, 11) is 0. The average Bonchev–Trinajstić information content (AvgIpc) is 2.73. The largest absolute Gasteiger partial charge is 0.384 e. The van der Waals surface area contributed by atoms with Gasteiger partial charge in [-0.15, -0.1) is 0 Å². The number of nitrogens with zero attached hydrogens (tertiary/aromatic N) is 1. The number of likely N-dealkylation sites (tertiary alicyclic amines) is 1. The number of amides is 2. The third-order valence-electron chi connectivity index (χ3n) is 6.42. The second-order valence-corrected chi connectivity index (χ2v) is 10.7. The quantitative estimate of drug-likeness (QED) is 0.581. The summed E-state index contributed by atoms with van der Waals surface area (Å²) in [4.78, 5) is 28.1. The Morgan fingerprint density at radius 3 is 2.31 bits per heavy atom. The number of benzene rings is 2. The van der Waals surface area contributed by atoms with Crippen molar-refractivity contribution in [1.29, 1.82) is 0 Å². The Labute approximate surface area is 203 Å². The minimum Gasteiger partial charge on any atom is -0.384 e. The van der Waals surface area contributed by atoms with E-state index >= 15 is 0 Å². The molecule has 2 atom stereocenters. The summed E-state index contributed by atoms with van der Waals surface area (Å²) in [5.74, 6) is -0.515. The van der Waals surface area contributed by atoms with E-state index < -0.39 is 17.1 Å². The van der Waals surface area contributed by atoms with Crippen LogP contribution in [0.2, 0.25) is 5.02 Å². The molecule has 172 valence electrons. The van der Waals surface area contributed by atoms with Crippen LogP contribution < -0.4 is 5.32 Å². The molecule has 2 aromatic carbocycles. The Bertz CT molecular complexity index is 993. The highest BCUT2D eigenvalue weighted by Crippen LogP contribution is 2.46. The van der Waals surface area contributed by atoms with E-state index in [4.69, 9.17) is 11.6 Å². The minimum atomic E-state index is -1.08. The molecule has 1 fully saturated rings. The van der Waals surface area contributed by atoms with Crippen LogP contribution in [0, 0.1) is 11.3 Å². The average molecular weight is 522 g/mol. The Morgan fingerprint density at radius 2 is 1.75 bits per heavy atom. The van der Waals surface area contributed by atoms with Gasteiger partial charge < -0.3 is 15.3 Å². The van der Waals surface area contributed by atoms with E-state index in [0.29, 0.717) is 34.6 Å². The maximum absolute atomic E-state index is 13.5. The van der Waals surface area contributed by atoms with Crippen molar-refractivity contribution in [2.24, 2.45) is 11.3 Å². The molecule has 32 heavy (non-hydrogen) atoms. The van der Waals surface area contributed by atoms with Crippen LogP contribution >= 0.6 is 27.5 Å². The molecule has 2 amide bonds. The van der Waals surface area contributed by atoms with Crippen molar-refractivity contribution in [3.05, 3.63) is 69.2 Å². The molecule has 3 rings (SSSR count). The first-order valence-corrected chi connectivity index (χ1v) is 12.0. The molecule has 0 bridgehead atoms. The molecule has 1 aliphatic heterocycles. The van der Waals surface area contributed by atoms with Crippen molar-refractivity contribution >= 4 is 39.3 Å². The third-order valence-corrected chi connectivity index (χ3v) is 7.36. The molecule has 1 heterocycles. The second kappa shape index (κ2) is 9.54. The number of hydrogen-bond acceptors (Lipinski definition) is 3. The van der Waals surface area contributed by atoms with Crippen molar-refractivity contribution < 1.29 is 14.7 Å². The lowest BCUT2D eigenvalue weighted by molar-refractivity contribution is -0.155. The maximum Gasteiger partial charge on any atom is 0.253 e. The van der Waals surface area contributed by atoms with Gasteiger partial charge in [-0.3, -0.25) is 9.59 Å². The fraction of sp³-hybridized carbons (Fsp3) is 0.440. The van der Waals surface area contributed by atoms with Gasteiger partial charge in [-0.2, -0.15) is 0 Å². The number of carbonyl (C=O) groups excluding carboxylic acids is 2. The molecule has 0 saturated carbocycles. The van der Waals surface area contributed by atoms with Crippen LogP contribution in [0.3, 0.4) is 0 Å². The van der Waals surface area contributed by atoms with Gasteiger partial charge >= 0.3 is 0 Å². The zero-order valence-electron chi connectivity index (χ0n) is 18.9. The molecule has 2 aromatic rings. The van der Waals surface area contributed by atoms with Crippen LogP contribution in [-0.4, -0.2) is 41.0 Å². The Morgan fingerprint density at radius 1 is 1.12 bits per heavy atom. The summed E-state index contributed by atoms with van der Waals surface area (Å²) in [6, 6.07) is 13.7. The number of nitrogens with one attached hydrogen (secondary N) is 1. The van der Waals surface area contributed by atoms with Gasteiger partial charge in [0, 0.05) is 28.0 Å². The summed E-state index contributed by atoms with van der Waals surface area (Å²) in [6.45, 7) is 8.54. The van der Waals surface area contributed by atoms with E-state index in [1.54, 1.807) is 35.2 Å². The normalized spacial score (nSPS) is 21.3. The molecule has 1 aliphatic rings. The number of aliphatic hydroxyl groups is 1. The number of rotatable bonds is 5. The van der Waals surface area contributed by atoms with Gasteiger partial charge in [0.15, 0.2) is 0 Å². The first-order chi connectivity index (χ1) is 15.0. The van der Waals surface area contributed by atoms with Crippen LogP contribution in [-0.2, 0) is 10.4 Å². The minimum absolute atomic E-state index is 0.0888. The van der Waals surface area contributed by atoms with Gasteiger partial charge in [0.05, 0.1) is 11.2 Å². The van der Waals surface area contributed by atoms with Crippen LogP contribution in [0.25, 0.3) is 0 Å². The van der Waals surface area contributed by atoms with Crippen LogP contribution in [0.5, 0.6) is 0 Å². The summed E-state index contributed by atoms with van der Waals surface area (Å²) in [5.41, 5.74) is -0.397. The van der Waals surface area contributed by atoms with Crippen LogP contribution in [0.4, 0.5) is 0 Å². The molecule has 2 N–H and O–H groups in total. The molecule has 0 aromatic heterocycles. The van der Waals surface area contributed by atoms with E-state index in [0.717, 1.165) is 5.56 Å². The molecule has 0 radical (unpaired) electrons. The van der Waals surface area contributed by atoms with Gasteiger partial charge in [0.25, 0.3) is 5.91 Å². The zero-order valence-corrected chi connectivity index (χ0v) is 21.2. The standard InChI is InChI=1S/C25H30BrClN2O3/c1-16(2)21(28-22(30)19-7-5-6-8-20(19)26)23(31)29-14-13-25(32,24(3,4)15-29)17-9-11-18(27)12-10-17/h5-12,16,21,32H,13-15H2,1-4H3,(H,28,30)/t21-,25+/m1/s1. The first kappa shape index (κ1) is 24.7. The maximum atomic E-state index is 13.5. The van der Waals surface area contributed by atoms with Crippen molar-refractivity contribution in [3.8, 4) is 0 Å². The van der Waals surface area contributed by atoms with Crippen molar-refractivity contribution in [2.45, 2.75) is 45.8 Å². The first-order valence-electron chi connectivity index (χ1n) is 10.8. The Kier molecular flexibility index (Phi) is 7.38. The lowest BCUT2D eigenvalue weighted by Crippen LogP contribution is -2.60. The van der Waals surface area contributed by atoms with E-state index in [1.165, 1.54) is 0 Å². The monoisotopic (exact) mass is 520 g/mol. The Balaban J connectivity index is 1.78. The summed E-state index contributed by atoms with van der Waals surface area (Å²) in [6.07, 6.45) is 0.399. The SMILES string of the molecule is CC(C)[C@@H](NC(=O)c1ccccc1Br)C(=O)N1CC[C@](O)(c2ccc(Cl)cc2)C(C)(C)C1. The molecular weight excluding hydrogens is 492 g/mol. The molecule has 7 heteroatoms. The molecule has 0 spiro atoms. The fourth-order valence-electron chi connectivity index (χ4n) is 4.35. The van der Waals surface area contributed by atoms with Crippen LogP contribution in [0.15, 0.2) is 53.0 Å². The van der Waals surface area contributed by atoms with E-state index in [1.807, 2.05) is 45.9 Å². The van der Waals surface area contributed by atoms with E-state index in [9.17, 15) is 14.7 Å². The molecule has 0 unspecified atom stereocenters. The molecule has 1 saturated heterocycles. The third kappa shape index (κ3) is 4.87. The van der Waals surface area contributed by atoms with Crippen molar-refractivity contribution in [3.63, 3.8) is 0 Å². The zero-order chi connectivity index (χ0) is 23.7. The van der Waals surface area contributed by atoms with Gasteiger partial charge in [0.1, 0.15) is 6.04 Å². The Hall–Kier alpha value is -1.89. The van der Waals surface area contributed by atoms with Gasteiger partial charge in [-0.25, -0.2) is 0 Å². The summed E-state index contributed by atoms with van der Waals surface area (Å²) < 4.78 is 0.680. The summed E-state index contributed by atoms with van der Waals surface area (Å²) >= 11 is 9.42. The van der Waals surface area contributed by atoms with E-state index in [-0.39, 0.29) is 17.7 Å². The van der Waals surface area contributed by atoms with Crippen LogP contribution in [0.1, 0.15) is 50.0 Å². The highest BCUT2D eigenvalue weighted by Gasteiger charge is 2.50. The van der Waals surface area contributed by atoms with Gasteiger partial charge in [0.2, 0.25) is 5.91 Å². The molecular formula is C25H30BrClN2O3. The highest BCUT2D eigenvalue weighted by atomic mass is 79.9. The second-order valence-electron chi connectivity index (χ2n) is 9.44. The number of halogens is 2. The smallest absolute Gasteiger partial charge is 0.253 e. The lowest BCUT2D eigenvalue weighted by Gasteiger charge is -2.51. The number of carbonyl (C=O) groups is 2. The summed E-state index contributed by atoms with van der Waals surface area (Å²) in [5, 5.41) is 15.1. The lowest BCUT2D eigenvalue weighted by atomic mass is 9.66.